The maximum absolute atomic E-state index is 11.8. The number of anilines is 1. The summed E-state index contributed by atoms with van der Waals surface area (Å²) >= 11 is 3.30. The van der Waals surface area contributed by atoms with Gasteiger partial charge in [-0.25, -0.2) is 4.98 Å². The number of carbonyl (C=O) groups is 1. The minimum Gasteiger partial charge on any atom is -0.324 e. The van der Waals surface area contributed by atoms with Gasteiger partial charge in [0, 0.05) is 12.6 Å². The Hall–Kier alpha value is -1.68. The Morgan fingerprint density at radius 3 is 2.68 bits per heavy atom. The van der Waals surface area contributed by atoms with Crippen molar-refractivity contribution in [1.29, 1.82) is 0 Å². The molecule has 0 aliphatic rings. The average Bonchev–Trinajstić information content (AvgIpc) is 2.41. The molecule has 1 aromatic heterocycles. The number of pyridine rings is 1. The molecule has 4 heteroatoms. The van der Waals surface area contributed by atoms with Crippen molar-refractivity contribution >= 4 is 27.5 Å². The number of rotatable bonds is 4. The number of hydrogen-bond donors (Lipinski definition) is 1. The van der Waals surface area contributed by atoms with Gasteiger partial charge in [-0.1, -0.05) is 29.8 Å². The quantitative estimate of drug-likeness (QED) is 0.873. The molecule has 0 spiro atoms. The van der Waals surface area contributed by atoms with Crippen molar-refractivity contribution in [2.24, 2.45) is 0 Å². The van der Waals surface area contributed by atoms with Gasteiger partial charge < -0.3 is 5.32 Å². The van der Waals surface area contributed by atoms with Gasteiger partial charge in [-0.2, -0.15) is 0 Å². The van der Waals surface area contributed by atoms with Crippen molar-refractivity contribution in [3.8, 4) is 0 Å². The van der Waals surface area contributed by atoms with Crippen LogP contribution in [0.2, 0.25) is 0 Å². The zero-order valence-corrected chi connectivity index (χ0v) is 12.3. The van der Waals surface area contributed by atoms with E-state index in [9.17, 15) is 4.79 Å². The van der Waals surface area contributed by atoms with Crippen molar-refractivity contribution < 1.29 is 4.79 Å². The van der Waals surface area contributed by atoms with E-state index in [1.54, 1.807) is 12.3 Å². The molecule has 0 fully saturated rings. The van der Waals surface area contributed by atoms with Gasteiger partial charge in [0.05, 0.1) is 5.69 Å². The second-order valence-corrected chi connectivity index (χ2v) is 5.13. The number of benzene rings is 1. The molecule has 0 atom stereocenters. The summed E-state index contributed by atoms with van der Waals surface area (Å²) in [6.45, 7) is 2.05. The topological polar surface area (TPSA) is 42.0 Å². The first kappa shape index (κ1) is 13.7. The lowest BCUT2D eigenvalue weighted by molar-refractivity contribution is -0.116. The fourth-order valence-electron chi connectivity index (χ4n) is 1.70. The predicted octanol–water partition coefficient (Wildman–Crippen LogP) is 3.72. The number of nitrogens with zero attached hydrogens (tertiary/aromatic N) is 1. The summed E-state index contributed by atoms with van der Waals surface area (Å²) in [5.74, 6) is -0.00530. The van der Waals surface area contributed by atoms with E-state index in [0.29, 0.717) is 16.7 Å². The molecule has 1 heterocycles. The molecule has 0 aliphatic heterocycles. The standard InChI is InChI=1S/C15H15BrN2O/c1-11-4-6-12(7-5-11)8-9-14(19)18-13-3-2-10-17-15(13)16/h2-7,10H,8-9H2,1H3,(H,18,19). The van der Waals surface area contributed by atoms with E-state index in [1.165, 1.54) is 11.1 Å². The highest BCUT2D eigenvalue weighted by atomic mass is 79.9. The van der Waals surface area contributed by atoms with E-state index in [-0.39, 0.29) is 5.91 Å². The van der Waals surface area contributed by atoms with E-state index >= 15 is 0 Å². The molecule has 0 radical (unpaired) electrons. The van der Waals surface area contributed by atoms with Crippen LogP contribution in [0.3, 0.4) is 0 Å². The van der Waals surface area contributed by atoms with Gasteiger partial charge in [0.25, 0.3) is 0 Å². The first-order valence-electron chi connectivity index (χ1n) is 6.11. The third-order valence-corrected chi connectivity index (χ3v) is 3.43. The third-order valence-electron chi connectivity index (χ3n) is 2.79. The highest BCUT2D eigenvalue weighted by Gasteiger charge is 2.06. The van der Waals surface area contributed by atoms with Gasteiger partial charge in [-0.15, -0.1) is 0 Å². The van der Waals surface area contributed by atoms with Gasteiger partial charge in [0.2, 0.25) is 5.91 Å². The molecule has 2 aromatic rings. The normalized spacial score (nSPS) is 10.2. The molecular formula is C15H15BrN2O. The van der Waals surface area contributed by atoms with E-state index < -0.39 is 0 Å². The van der Waals surface area contributed by atoms with E-state index in [0.717, 1.165) is 6.42 Å². The smallest absolute Gasteiger partial charge is 0.224 e. The molecule has 0 bridgehead atoms. The number of halogens is 1. The minimum atomic E-state index is -0.00530. The van der Waals surface area contributed by atoms with Crippen molar-refractivity contribution in [3.05, 3.63) is 58.3 Å². The van der Waals surface area contributed by atoms with Crippen LogP contribution in [0.15, 0.2) is 47.2 Å². The number of hydrogen-bond acceptors (Lipinski definition) is 2. The van der Waals surface area contributed by atoms with Crippen LogP contribution in [0.25, 0.3) is 0 Å². The zero-order valence-electron chi connectivity index (χ0n) is 10.7. The summed E-state index contributed by atoms with van der Waals surface area (Å²) in [5, 5.41) is 2.84. The maximum Gasteiger partial charge on any atom is 0.224 e. The predicted molar refractivity (Wildman–Crippen MR) is 80.1 cm³/mol. The van der Waals surface area contributed by atoms with Crippen LogP contribution in [-0.4, -0.2) is 10.9 Å². The zero-order chi connectivity index (χ0) is 13.7. The fraction of sp³-hybridized carbons (Fsp3) is 0.200. The number of amides is 1. The molecule has 0 aliphatic carbocycles. The highest BCUT2D eigenvalue weighted by molar-refractivity contribution is 9.10. The Morgan fingerprint density at radius 1 is 1.26 bits per heavy atom. The maximum atomic E-state index is 11.8. The number of carbonyl (C=O) groups excluding carboxylic acids is 1. The monoisotopic (exact) mass is 318 g/mol. The second kappa shape index (κ2) is 6.48. The van der Waals surface area contributed by atoms with Crippen LogP contribution in [0.4, 0.5) is 5.69 Å². The molecule has 0 saturated carbocycles. The summed E-state index contributed by atoms with van der Waals surface area (Å²) in [6.07, 6.45) is 2.88. The van der Waals surface area contributed by atoms with Crippen molar-refractivity contribution in [1.82, 2.24) is 4.98 Å². The van der Waals surface area contributed by atoms with Crippen LogP contribution in [0.5, 0.6) is 0 Å². The highest BCUT2D eigenvalue weighted by Crippen LogP contribution is 2.18. The minimum absolute atomic E-state index is 0.00530. The first-order chi connectivity index (χ1) is 9.15. The lowest BCUT2D eigenvalue weighted by Crippen LogP contribution is -2.12. The van der Waals surface area contributed by atoms with Gasteiger partial charge in [-0.05, 0) is 47.0 Å². The molecule has 0 unspecified atom stereocenters. The van der Waals surface area contributed by atoms with Gasteiger partial charge in [0.15, 0.2) is 0 Å². The van der Waals surface area contributed by atoms with Gasteiger partial charge in [-0.3, -0.25) is 4.79 Å². The number of aryl methyl sites for hydroxylation is 2. The van der Waals surface area contributed by atoms with Crippen LogP contribution in [0.1, 0.15) is 17.5 Å². The van der Waals surface area contributed by atoms with Crippen molar-refractivity contribution in [2.45, 2.75) is 19.8 Å². The summed E-state index contributed by atoms with van der Waals surface area (Å²) in [7, 11) is 0. The molecule has 19 heavy (non-hydrogen) atoms. The molecular weight excluding hydrogens is 304 g/mol. The number of nitrogens with one attached hydrogen (secondary N) is 1. The van der Waals surface area contributed by atoms with Gasteiger partial charge in [0.1, 0.15) is 4.60 Å². The van der Waals surface area contributed by atoms with Crippen molar-refractivity contribution in [3.63, 3.8) is 0 Å². The Kier molecular flexibility index (Phi) is 4.68. The molecule has 1 N–H and O–H groups in total. The molecule has 98 valence electrons. The third kappa shape index (κ3) is 4.17. The summed E-state index contributed by atoms with van der Waals surface area (Å²) < 4.78 is 0.652. The van der Waals surface area contributed by atoms with E-state index in [2.05, 4.69) is 57.4 Å². The molecule has 3 nitrogen and oxygen atoms in total. The van der Waals surface area contributed by atoms with Crippen LogP contribution in [-0.2, 0) is 11.2 Å². The average molecular weight is 319 g/mol. The Labute approximate surface area is 121 Å². The van der Waals surface area contributed by atoms with Crippen molar-refractivity contribution in [2.75, 3.05) is 5.32 Å². The molecule has 1 amide bonds. The van der Waals surface area contributed by atoms with E-state index in [1.807, 2.05) is 6.07 Å². The van der Waals surface area contributed by atoms with E-state index in [4.69, 9.17) is 0 Å². The van der Waals surface area contributed by atoms with Crippen LogP contribution < -0.4 is 5.32 Å². The number of aromatic nitrogens is 1. The first-order valence-corrected chi connectivity index (χ1v) is 6.90. The summed E-state index contributed by atoms with van der Waals surface area (Å²) in [4.78, 5) is 15.9. The Bertz CT molecular complexity index is 567. The summed E-state index contributed by atoms with van der Waals surface area (Å²) in [5.41, 5.74) is 3.11. The molecule has 1 aromatic carbocycles. The van der Waals surface area contributed by atoms with Crippen LogP contribution >= 0.6 is 15.9 Å². The van der Waals surface area contributed by atoms with Gasteiger partial charge >= 0.3 is 0 Å². The largest absolute Gasteiger partial charge is 0.324 e. The van der Waals surface area contributed by atoms with Crippen LogP contribution in [0, 0.1) is 6.92 Å². The Morgan fingerprint density at radius 2 is 2.00 bits per heavy atom. The summed E-state index contributed by atoms with van der Waals surface area (Å²) in [6, 6.07) is 11.8. The SMILES string of the molecule is Cc1ccc(CCC(=O)Nc2cccnc2Br)cc1. The molecule has 2 rings (SSSR count). The lowest BCUT2D eigenvalue weighted by atomic mass is 10.1. The lowest BCUT2D eigenvalue weighted by Gasteiger charge is -2.06. The fourth-order valence-corrected chi connectivity index (χ4v) is 2.05. The second-order valence-electron chi connectivity index (χ2n) is 4.38. The molecule has 0 saturated heterocycles. The Balaban J connectivity index is 1.88.